The number of nitrogens with zero attached hydrogens (tertiary/aromatic N) is 2. The van der Waals surface area contributed by atoms with Gasteiger partial charge in [-0.1, -0.05) is 18.2 Å². The van der Waals surface area contributed by atoms with Crippen LogP contribution < -0.4 is 5.32 Å². The van der Waals surface area contributed by atoms with Gasteiger partial charge >= 0.3 is 5.97 Å². The van der Waals surface area contributed by atoms with E-state index in [4.69, 9.17) is 4.74 Å². The van der Waals surface area contributed by atoms with E-state index < -0.39 is 17.9 Å². The third kappa shape index (κ3) is 5.29. The van der Waals surface area contributed by atoms with E-state index in [0.717, 1.165) is 17.0 Å². The summed E-state index contributed by atoms with van der Waals surface area (Å²) in [4.78, 5) is 23.5. The number of aliphatic carboxylic acids is 1. The predicted molar refractivity (Wildman–Crippen MR) is 97.2 cm³/mol. The van der Waals surface area contributed by atoms with Gasteiger partial charge in [-0.3, -0.25) is 9.48 Å². The molecular weight excluding hydrogens is 334 g/mol. The molecule has 1 heterocycles. The average molecular weight is 357 g/mol. The van der Waals surface area contributed by atoms with Gasteiger partial charge in [0.15, 0.2) is 6.04 Å². The Bertz CT molecular complexity index is 781. The van der Waals surface area contributed by atoms with Crippen LogP contribution in [0.4, 0.5) is 0 Å². The number of carboxylic acid groups (broad SMARTS) is 1. The first-order valence-electron chi connectivity index (χ1n) is 8.23. The molecule has 0 fully saturated rings. The zero-order valence-electron chi connectivity index (χ0n) is 14.9. The molecule has 0 aliphatic carbocycles. The quantitative estimate of drug-likeness (QED) is 0.528. The highest BCUT2D eigenvalue weighted by Crippen LogP contribution is 2.09. The molecule has 26 heavy (non-hydrogen) atoms. The predicted octanol–water partition coefficient (Wildman–Crippen LogP) is 1.93. The van der Waals surface area contributed by atoms with E-state index in [1.54, 1.807) is 12.1 Å². The van der Waals surface area contributed by atoms with Gasteiger partial charge in [-0.15, -0.1) is 6.58 Å². The Morgan fingerprint density at radius 2 is 2.04 bits per heavy atom. The number of amides is 1. The monoisotopic (exact) mass is 357 g/mol. The van der Waals surface area contributed by atoms with Gasteiger partial charge in [0.2, 0.25) is 0 Å². The summed E-state index contributed by atoms with van der Waals surface area (Å²) in [6.07, 6.45) is 1.52. The standard InChI is InChI=1S/C19H23N3O4/c1-4-9-26-12-17(19(24)25)20-18(23)16-7-5-15(6-8-16)11-22-14(3)10-13(2)21-22/h4-8,10,17H,1,9,11-12H2,2-3H3,(H,20,23)(H,24,25). The molecule has 0 spiro atoms. The highest BCUT2D eigenvalue weighted by molar-refractivity contribution is 5.96. The molecule has 7 nitrogen and oxygen atoms in total. The molecule has 1 atom stereocenters. The molecule has 0 aliphatic rings. The number of ether oxygens (including phenoxy) is 1. The summed E-state index contributed by atoms with van der Waals surface area (Å²) in [7, 11) is 0. The second kappa shape index (κ2) is 8.96. The van der Waals surface area contributed by atoms with Crippen molar-refractivity contribution in [2.24, 2.45) is 0 Å². The minimum Gasteiger partial charge on any atom is -0.480 e. The minimum absolute atomic E-state index is 0.122. The van der Waals surface area contributed by atoms with Gasteiger partial charge in [-0.25, -0.2) is 4.79 Å². The lowest BCUT2D eigenvalue weighted by Gasteiger charge is -2.14. The number of carbonyl (C=O) groups is 2. The zero-order valence-corrected chi connectivity index (χ0v) is 14.9. The Hall–Kier alpha value is -2.93. The summed E-state index contributed by atoms with van der Waals surface area (Å²) in [5.41, 5.74) is 3.40. The molecule has 0 bridgehead atoms. The van der Waals surface area contributed by atoms with Crippen LogP contribution in [0.25, 0.3) is 0 Å². The number of rotatable bonds is 9. The molecule has 2 rings (SSSR count). The number of nitrogens with one attached hydrogen (secondary N) is 1. The van der Waals surface area contributed by atoms with E-state index in [1.807, 2.05) is 36.7 Å². The molecule has 0 saturated carbocycles. The topological polar surface area (TPSA) is 93.5 Å². The van der Waals surface area contributed by atoms with Crippen molar-refractivity contribution >= 4 is 11.9 Å². The number of hydrogen-bond donors (Lipinski definition) is 2. The van der Waals surface area contributed by atoms with E-state index in [0.29, 0.717) is 12.1 Å². The van der Waals surface area contributed by atoms with Crippen LogP contribution in [-0.2, 0) is 16.1 Å². The summed E-state index contributed by atoms with van der Waals surface area (Å²) < 4.78 is 7.01. The van der Waals surface area contributed by atoms with Crippen LogP contribution in [0.1, 0.15) is 27.3 Å². The first-order chi connectivity index (χ1) is 12.4. The van der Waals surface area contributed by atoms with Crippen LogP contribution in [0.15, 0.2) is 43.0 Å². The molecule has 1 aromatic heterocycles. The molecule has 1 unspecified atom stereocenters. The molecule has 2 aromatic rings. The van der Waals surface area contributed by atoms with Crippen LogP contribution in [0, 0.1) is 13.8 Å². The third-order valence-corrected chi connectivity index (χ3v) is 3.78. The maximum atomic E-state index is 12.3. The van der Waals surface area contributed by atoms with E-state index in [2.05, 4.69) is 17.0 Å². The lowest BCUT2D eigenvalue weighted by molar-refractivity contribution is -0.140. The van der Waals surface area contributed by atoms with E-state index in [9.17, 15) is 14.7 Å². The first-order valence-corrected chi connectivity index (χ1v) is 8.23. The van der Waals surface area contributed by atoms with Crippen molar-refractivity contribution in [3.63, 3.8) is 0 Å². The molecule has 0 saturated heterocycles. The minimum atomic E-state index is -1.15. The van der Waals surface area contributed by atoms with Gasteiger partial charge < -0.3 is 15.2 Å². The number of benzene rings is 1. The number of carboxylic acids is 1. The van der Waals surface area contributed by atoms with Gasteiger partial charge in [0.25, 0.3) is 5.91 Å². The smallest absolute Gasteiger partial charge is 0.328 e. The van der Waals surface area contributed by atoms with Gasteiger partial charge in [0, 0.05) is 11.3 Å². The molecule has 7 heteroatoms. The van der Waals surface area contributed by atoms with Crippen molar-refractivity contribution in [3.8, 4) is 0 Å². The average Bonchev–Trinajstić information content (AvgIpc) is 2.91. The van der Waals surface area contributed by atoms with Gasteiger partial charge in [-0.05, 0) is 37.6 Å². The summed E-state index contributed by atoms with van der Waals surface area (Å²) >= 11 is 0. The Kier molecular flexibility index (Phi) is 6.68. The van der Waals surface area contributed by atoms with Crippen molar-refractivity contribution in [2.45, 2.75) is 26.4 Å². The largest absolute Gasteiger partial charge is 0.480 e. The van der Waals surface area contributed by atoms with Gasteiger partial charge in [0.1, 0.15) is 0 Å². The fraction of sp³-hybridized carbons (Fsp3) is 0.316. The van der Waals surface area contributed by atoms with Crippen LogP contribution in [0.2, 0.25) is 0 Å². The number of aromatic nitrogens is 2. The highest BCUT2D eigenvalue weighted by atomic mass is 16.5. The van der Waals surface area contributed by atoms with E-state index in [1.165, 1.54) is 6.08 Å². The second-order valence-electron chi connectivity index (χ2n) is 5.97. The van der Waals surface area contributed by atoms with Gasteiger partial charge in [0.05, 0.1) is 25.5 Å². The first kappa shape index (κ1) is 19.4. The second-order valence-corrected chi connectivity index (χ2v) is 5.97. The lowest BCUT2D eigenvalue weighted by Crippen LogP contribution is -2.44. The van der Waals surface area contributed by atoms with E-state index >= 15 is 0 Å². The maximum absolute atomic E-state index is 12.3. The molecule has 1 amide bonds. The molecular formula is C19H23N3O4. The summed E-state index contributed by atoms with van der Waals surface area (Å²) in [5.74, 6) is -1.61. The Morgan fingerprint density at radius 3 is 2.58 bits per heavy atom. The molecule has 0 aliphatic heterocycles. The Labute approximate surface area is 152 Å². The third-order valence-electron chi connectivity index (χ3n) is 3.78. The maximum Gasteiger partial charge on any atom is 0.328 e. The van der Waals surface area contributed by atoms with E-state index in [-0.39, 0.29) is 13.2 Å². The fourth-order valence-corrected chi connectivity index (χ4v) is 2.45. The van der Waals surface area contributed by atoms with Crippen molar-refractivity contribution in [3.05, 3.63) is 65.5 Å². The Morgan fingerprint density at radius 1 is 1.35 bits per heavy atom. The Balaban J connectivity index is 1.99. The van der Waals surface area contributed by atoms with Gasteiger partial charge in [-0.2, -0.15) is 5.10 Å². The fourth-order valence-electron chi connectivity index (χ4n) is 2.45. The molecule has 0 radical (unpaired) electrons. The summed E-state index contributed by atoms with van der Waals surface area (Å²) in [5, 5.41) is 16.0. The number of hydrogen-bond acceptors (Lipinski definition) is 4. The van der Waals surface area contributed by atoms with Crippen LogP contribution >= 0.6 is 0 Å². The SMILES string of the molecule is C=CCOCC(NC(=O)c1ccc(Cn2nc(C)cc2C)cc1)C(=O)O. The molecule has 2 N–H and O–H groups in total. The number of carbonyl (C=O) groups excluding carboxylic acids is 1. The van der Waals surface area contributed by atoms with Crippen LogP contribution in [-0.4, -0.2) is 46.0 Å². The normalized spacial score (nSPS) is 11.8. The lowest BCUT2D eigenvalue weighted by atomic mass is 10.1. The van der Waals surface area contributed by atoms with Crippen LogP contribution in [0.3, 0.4) is 0 Å². The zero-order chi connectivity index (χ0) is 19.1. The number of aryl methyl sites for hydroxylation is 2. The molecule has 1 aromatic carbocycles. The summed E-state index contributed by atoms with van der Waals surface area (Å²) in [6.45, 7) is 8.12. The van der Waals surface area contributed by atoms with Crippen molar-refractivity contribution in [2.75, 3.05) is 13.2 Å². The van der Waals surface area contributed by atoms with Crippen molar-refractivity contribution < 1.29 is 19.4 Å². The summed E-state index contributed by atoms with van der Waals surface area (Å²) in [6, 6.07) is 7.88. The highest BCUT2D eigenvalue weighted by Gasteiger charge is 2.20. The molecule has 138 valence electrons. The van der Waals surface area contributed by atoms with Crippen molar-refractivity contribution in [1.82, 2.24) is 15.1 Å². The van der Waals surface area contributed by atoms with Crippen LogP contribution in [0.5, 0.6) is 0 Å². The van der Waals surface area contributed by atoms with Crippen molar-refractivity contribution in [1.29, 1.82) is 0 Å².